The Morgan fingerprint density at radius 1 is 1.10 bits per heavy atom. The van der Waals surface area contributed by atoms with Crippen LogP contribution in [0.3, 0.4) is 0 Å². The molecule has 0 atom stereocenters. The van der Waals surface area contributed by atoms with Crippen LogP contribution < -0.4 is 10.2 Å². The lowest BCUT2D eigenvalue weighted by molar-refractivity contribution is 0.00578. The molecule has 0 aromatic heterocycles. The van der Waals surface area contributed by atoms with Gasteiger partial charge in [-0.25, -0.2) is 0 Å². The minimum Gasteiger partial charge on any atom is -0.492 e. The van der Waals surface area contributed by atoms with Crippen molar-refractivity contribution in [2.24, 2.45) is 0 Å². The van der Waals surface area contributed by atoms with Gasteiger partial charge in [-0.2, -0.15) is 0 Å². The minimum atomic E-state index is -0.371. The molecule has 0 unspecified atom stereocenters. The van der Waals surface area contributed by atoms with Crippen molar-refractivity contribution in [1.29, 1.82) is 0 Å². The number of halogens is 1. The molecule has 1 fully saturated rings. The Labute approximate surface area is 125 Å². The van der Waals surface area contributed by atoms with Gasteiger partial charge in [0.25, 0.3) is 0 Å². The highest BCUT2D eigenvalue weighted by Gasteiger charge is 2.51. The fourth-order valence-electron chi connectivity index (χ4n) is 2.57. The van der Waals surface area contributed by atoms with E-state index < -0.39 is 0 Å². The number of fused-ring (bicyclic) bond motifs is 1. The van der Waals surface area contributed by atoms with E-state index in [1.807, 2.05) is 6.07 Å². The second-order valence-corrected chi connectivity index (χ2v) is 6.94. The summed E-state index contributed by atoms with van der Waals surface area (Å²) in [5.74, 6) is 0.818. The Morgan fingerprint density at radius 3 is 2.40 bits per heavy atom. The molecule has 108 valence electrons. The molecule has 0 radical (unpaired) electrons. The second kappa shape index (κ2) is 4.65. The molecular formula is C15H20BClO3. The lowest BCUT2D eigenvalue weighted by atomic mass is 9.78. The molecule has 2 aliphatic heterocycles. The zero-order valence-electron chi connectivity index (χ0n) is 12.5. The number of rotatable bonds is 1. The summed E-state index contributed by atoms with van der Waals surface area (Å²) in [7, 11) is -0.371. The lowest BCUT2D eigenvalue weighted by Gasteiger charge is -2.32. The third kappa shape index (κ3) is 2.24. The van der Waals surface area contributed by atoms with Crippen molar-refractivity contribution >= 4 is 24.2 Å². The van der Waals surface area contributed by atoms with Gasteiger partial charge in [-0.15, -0.1) is 0 Å². The Bertz CT molecular complexity index is 526. The number of benzene rings is 1. The first-order valence-corrected chi connectivity index (χ1v) is 7.49. The van der Waals surface area contributed by atoms with Crippen LogP contribution in [0.1, 0.15) is 39.7 Å². The molecule has 0 aliphatic carbocycles. The molecule has 0 N–H and O–H groups in total. The zero-order valence-corrected chi connectivity index (χ0v) is 13.2. The average molecular weight is 295 g/mol. The molecule has 0 saturated carbocycles. The standard InChI is InChI=1S/C15H20BClO3/c1-14(2)15(3,4)20-16(19-14)11-8-10-6-5-7-18-13(10)12(17)9-11/h8-9H,5-7H2,1-4H3. The predicted molar refractivity (Wildman–Crippen MR) is 81.0 cm³/mol. The van der Waals surface area contributed by atoms with E-state index in [-0.39, 0.29) is 18.3 Å². The van der Waals surface area contributed by atoms with Crippen LogP contribution in [0.4, 0.5) is 0 Å². The number of ether oxygens (including phenoxy) is 1. The van der Waals surface area contributed by atoms with Crippen LogP contribution in [0.25, 0.3) is 0 Å². The van der Waals surface area contributed by atoms with Crippen LogP contribution in [0.5, 0.6) is 5.75 Å². The SMILES string of the molecule is CC1(C)OB(c2cc(Cl)c3c(c2)CCCO3)OC1(C)C. The monoisotopic (exact) mass is 294 g/mol. The molecule has 1 aromatic rings. The van der Waals surface area contributed by atoms with Crippen molar-refractivity contribution in [2.75, 3.05) is 6.61 Å². The van der Waals surface area contributed by atoms with Crippen LogP contribution in [-0.2, 0) is 15.7 Å². The fourth-order valence-corrected chi connectivity index (χ4v) is 2.87. The Morgan fingerprint density at radius 2 is 1.75 bits per heavy atom. The quantitative estimate of drug-likeness (QED) is 0.745. The molecule has 0 bridgehead atoms. The summed E-state index contributed by atoms with van der Waals surface area (Å²) >= 11 is 6.33. The van der Waals surface area contributed by atoms with Crippen molar-refractivity contribution in [3.63, 3.8) is 0 Å². The second-order valence-electron chi connectivity index (χ2n) is 6.53. The Hall–Kier alpha value is -0.705. The van der Waals surface area contributed by atoms with Gasteiger partial charge in [0.2, 0.25) is 0 Å². The smallest absolute Gasteiger partial charge is 0.492 e. The molecule has 1 saturated heterocycles. The summed E-state index contributed by atoms with van der Waals surface area (Å²) < 4.78 is 17.8. The van der Waals surface area contributed by atoms with Gasteiger partial charge < -0.3 is 14.0 Å². The van der Waals surface area contributed by atoms with E-state index in [1.165, 1.54) is 0 Å². The van der Waals surface area contributed by atoms with Gasteiger partial charge in [0.1, 0.15) is 5.75 Å². The van der Waals surface area contributed by atoms with Gasteiger partial charge in [0.15, 0.2) is 0 Å². The average Bonchev–Trinajstić information content (AvgIpc) is 2.58. The van der Waals surface area contributed by atoms with E-state index in [1.54, 1.807) is 0 Å². The molecule has 0 amide bonds. The molecule has 2 aliphatic rings. The summed E-state index contributed by atoms with van der Waals surface area (Å²) in [4.78, 5) is 0. The van der Waals surface area contributed by atoms with Crippen LogP contribution in [-0.4, -0.2) is 24.9 Å². The maximum Gasteiger partial charge on any atom is 0.494 e. The van der Waals surface area contributed by atoms with Gasteiger partial charge in [-0.1, -0.05) is 17.7 Å². The molecule has 2 heterocycles. The number of aryl methyl sites for hydroxylation is 1. The first kappa shape index (κ1) is 14.2. The summed E-state index contributed by atoms with van der Waals surface area (Å²) in [6.45, 7) is 8.95. The molecular weight excluding hydrogens is 274 g/mol. The molecule has 0 spiro atoms. The maximum absolute atomic E-state index is 6.33. The summed E-state index contributed by atoms with van der Waals surface area (Å²) in [5.41, 5.74) is 1.44. The normalized spacial score (nSPS) is 23.4. The van der Waals surface area contributed by atoms with Gasteiger partial charge in [-0.3, -0.25) is 0 Å². The predicted octanol–water partition coefficient (Wildman–Crippen LogP) is 2.96. The van der Waals surface area contributed by atoms with Gasteiger partial charge in [-0.05, 0) is 57.6 Å². The molecule has 1 aromatic carbocycles. The van der Waals surface area contributed by atoms with E-state index >= 15 is 0 Å². The lowest BCUT2D eigenvalue weighted by Crippen LogP contribution is -2.41. The molecule has 5 heteroatoms. The molecule has 20 heavy (non-hydrogen) atoms. The molecule has 3 rings (SSSR count). The van der Waals surface area contributed by atoms with Crippen molar-refractivity contribution in [3.05, 3.63) is 22.7 Å². The van der Waals surface area contributed by atoms with Crippen LogP contribution >= 0.6 is 11.6 Å². The van der Waals surface area contributed by atoms with Gasteiger partial charge in [0, 0.05) is 0 Å². The van der Waals surface area contributed by atoms with Crippen molar-refractivity contribution in [1.82, 2.24) is 0 Å². The maximum atomic E-state index is 6.33. The minimum absolute atomic E-state index is 0.337. The van der Waals surface area contributed by atoms with Crippen molar-refractivity contribution in [2.45, 2.75) is 51.7 Å². The first-order valence-electron chi connectivity index (χ1n) is 7.11. The van der Waals surface area contributed by atoms with Gasteiger partial charge in [0.05, 0.1) is 22.8 Å². The van der Waals surface area contributed by atoms with Crippen LogP contribution in [0.2, 0.25) is 5.02 Å². The van der Waals surface area contributed by atoms with E-state index in [4.69, 9.17) is 25.6 Å². The van der Waals surface area contributed by atoms with Crippen molar-refractivity contribution < 1.29 is 14.0 Å². The largest absolute Gasteiger partial charge is 0.494 e. The third-order valence-electron chi connectivity index (χ3n) is 4.51. The Kier molecular flexibility index (Phi) is 3.31. The van der Waals surface area contributed by atoms with Crippen LogP contribution in [0.15, 0.2) is 12.1 Å². The number of hydrogen-bond acceptors (Lipinski definition) is 3. The highest BCUT2D eigenvalue weighted by Crippen LogP contribution is 2.38. The third-order valence-corrected chi connectivity index (χ3v) is 4.79. The zero-order chi connectivity index (χ0) is 14.5. The van der Waals surface area contributed by atoms with E-state index in [9.17, 15) is 0 Å². The Balaban J connectivity index is 1.94. The van der Waals surface area contributed by atoms with Crippen LogP contribution in [0, 0.1) is 0 Å². The summed E-state index contributed by atoms with van der Waals surface area (Å²) in [5, 5.41) is 0.645. The van der Waals surface area contributed by atoms with E-state index in [2.05, 4.69) is 33.8 Å². The highest BCUT2D eigenvalue weighted by molar-refractivity contribution is 6.62. The highest BCUT2D eigenvalue weighted by atomic mass is 35.5. The summed E-state index contributed by atoms with van der Waals surface area (Å²) in [6, 6.07) is 4.00. The fraction of sp³-hybridized carbons (Fsp3) is 0.600. The van der Waals surface area contributed by atoms with E-state index in [0.717, 1.165) is 36.2 Å². The van der Waals surface area contributed by atoms with E-state index in [0.29, 0.717) is 5.02 Å². The number of hydrogen-bond donors (Lipinski definition) is 0. The topological polar surface area (TPSA) is 27.7 Å². The van der Waals surface area contributed by atoms with Gasteiger partial charge >= 0.3 is 7.12 Å². The summed E-state index contributed by atoms with van der Waals surface area (Å²) in [6.07, 6.45) is 2.01. The first-order chi connectivity index (χ1) is 9.30. The molecule has 3 nitrogen and oxygen atoms in total. The van der Waals surface area contributed by atoms with Crippen molar-refractivity contribution in [3.8, 4) is 5.75 Å².